The molecule has 74 valence electrons. The van der Waals surface area contributed by atoms with E-state index in [4.69, 9.17) is 0 Å². The van der Waals surface area contributed by atoms with Gasteiger partial charge in [0.2, 0.25) is 0 Å². The van der Waals surface area contributed by atoms with E-state index in [-0.39, 0.29) is 6.10 Å². The summed E-state index contributed by atoms with van der Waals surface area (Å²) < 4.78 is 0. The number of hydrogen-bond donors (Lipinski definition) is 2. The maximum atomic E-state index is 9.55. The van der Waals surface area contributed by atoms with E-state index in [0.29, 0.717) is 6.04 Å². The summed E-state index contributed by atoms with van der Waals surface area (Å²) in [7, 11) is 1.93. The molecule has 0 bridgehead atoms. The molecule has 2 N–H and O–H groups in total. The normalized spacial score (nSPS) is 16.0. The van der Waals surface area contributed by atoms with Crippen molar-refractivity contribution in [3.05, 3.63) is 0 Å². The van der Waals surface area contributed by atoms with Gasteiger partial charge in [0.25, 0.3) is 0 Å². The lowest BCUT2D eigenvalue weighted by Gasteiger charge is -2.20. The maximum absolute atomic E-state index is 9.55. The fourth-order valence-corrected chi connectivity index (χ4v) is 1.43. The van der Waals surface area contributed by atoms with Gasteiger partial charge in [-0.25, -0.2) is 0 Å². The van der Waals surface area contributed by atoms with E-state index in [2.05, 4.69) is 12.2 Å². The molecule has 0 amide bonds. The molecule has 12 heavy (non-hydrogen) atoms. The van der Waals surface area contributed by atoms with Gasteiger partial charge >= 0.3 is 0 Å². The van der Waals surface area contributed by atoms with Gasteiger partial charge in [-0.05, 0) is 19.9 Å². The van der Waals surface area contributed by atoms with Crippen molar-refractivity contribution in [3.8, 4) is 0 Å². The first kappa shape index (κ1) is 11.9. The van der Waals surface area contributed by atoms with Crippen LogP contribution in [-0.4, -0.2) is 24.3 Å². The zero-order valence-electron chi connectivity index (χ0n) is 8.64. The summed E-state index contributed by atoms with van der Waals surface area (Å²) in [5.41, 5.74) is 0. The van der Waals surface area contributed by atoms with Crippen molar-refractivity contribution in [2.45, 2.75) is 58.1 Å². The molecule has 0 rings (SSSR count). The highest BCUT2D eigenvalue weighted by Gasteiger charge is 2.13. The second-order valence-corrected chi connectivity index (χ2v) is 3.37. The Balaban J connectivity index is 3.52. The first-order valence-corrected chi connectivity index (χ1v) is 5.11. The minimum atomic E-state index is -0.174. The molecule has 0 spiro atoms. The van der Waals surface area contributed by atoms with Crippen LogP contribution in [0.1, 0.15) is 46.0 Å². The first-order chi connectivity index (χ1) is 5.76. The molecule has 0 radical (unpaired) electrons. The van der Waals surface area contributed by atoms with Crippen molar-refractivity contribution in [3.63, 3.8) is 0 Å². The number of hydrogen-bond acceptors (Lipinski definition) is 2. The molecule has 0 aromatic rings. The van der Waals surface area contributed by atoms with Crippen LogP contribution in [0.15, 0.2) is 0 Å². The van der Waals surface area contributed by atoms with Crippen LogP contribution in [0.5, 0.6) is 0 Å². The molecule has 2 atom stereocenters. The topological polar surface area (TPSA) is 32.3 Å². The molecule has 0 aliphatic rings. The molecule has 0 heterocycles. The van der Waals surface area contributed by atoms with Gasteiger partial charge < -0.3 is 10.4 Å². The van der Waals surface area contributed by atoms with E-state index >= 15 is 0 Å². The third-order valence-electron chi connectivity index (χ3n) is 2.37. The predicted octanol–water partition coefficient (Wildman–Crippen LogP) is 1.93. The zero-order chi connectivity index (χ0) is 9.40. The highest BCUT2D eigenvalue weighted by atomic mass is 16.3. The highest BCUT2D eigenvalue weighted by molar-refractivity contribution is 4.72. The Hall–Kier alpha value is -0.0800. The second kappa shape index (κ2) is 7.56. The largest absolute Gasteiger partial charge is 0.392 e. The number of nitrogens with one attached hydrogen (secondary N) is 1. The lowest BCUT2D eigenvalue weighted by Crippen LogP contribution is -2.37. The van der Waals surface area contributed by atoms with Crippen LogP contribution in [0.3, 0.4) is 0 Å². The molecular weight excluding hydrogens is 150 g/mol. The standard InChI is InChI=1S/C10H23NO/c1-4-6-7-8-9(11-3)10(12)5-2/h9-12H,4-8H2,1-3H3/t9-,10+/m1/s1. The summed E-state index contributed by atoms with van der Waals surface area (Å²) in [6.45, 7) is 4.22. The number of aliphatic hydroxyl groups excluding tert-OH is 1. The van der Waals surface area contributed by atoms with Crippen LogP contribution in [0, 0.1) is 0 Å². The van der Waals surface area contributed by atoms with Gasteiger partial charge in [0, 0.05) is 6.04 Å². The third kappa shape index (κ3) is 4.73. The Kier molecular flexibility index (Phi) is 7.51. The maximum Gasteiger partial charge on any atom is 0.0690 e. The van der Waals surface area contributed by atoms with Crippen LogP contribution in [0.2, 0.25) is 0 Å². The second-order valence-electron chi connectivity index (χ2n) is 3.37. The van der Waals surface area contributed by atoms with E-state index in [1.807, 2.05) is 14.0 Å². The smallest absolute Gasteiger partial charge is 0.0690 e. The van der Waals surface area contributed by atoms with Gasteiger partial charge in [-0.2, -0.15) is 0 Å². The first-order valence-electron chi connectivity index (χ1n) is 5.11. The third-order valence-corrected chi connectivity index (χ3v) is 2.37. The van der Waals surface area contributed by atoms with Crippen LogP contribution in [-0.2, 0) is 0 Å². The van der Waals surface area contributed by atoms with E-state index in [1.54, 1.807) is 0 Å². The molecular formula is C10H23NO. The van der Waals surface area contributed by atoms with Crippen LogP contribution in [0.4, 0.5) is 0 Å². The number of rotatable bonds is 7. The van der Waals surface area contributed by atoms with Gasteiger partial charge in [-0.1, -0.05) is 33.1 Å². The van der Waals surface area contributed by atoms with Gasteiger partial charge in [0.1, 0.15) is 0 Å². The Morgan fingerprint density at radius 3 is 2.33 bits per heavy atom. The average Bonchev–Trinajstić information content (AvgIpc) is 2.11. The SMILES string of the molecule is CCCCC[C@@H](NC)[C@@H](O)CC. The Morgan fingerprint density at radius 2 is 1.92 bits per heavy atom. The van der Waals surface area contributed by atoms with E-state index in [0.717, 1.165) is 12.8 Å². The monoisotopic (exact) mass is 173 g/mol. The quantitative estimate of drug-likeness (QED) is 0.577. The molecule has 0 fully saturated rings. The minimum absolute atomic E-state index is 0.174. The zero-order valence-corrected chi connectivity index (χ0v) is 8.64. The van der Waals surface area contributed by atoms with Gasteiger partial charge in [-0.15, -0.1) is 0 Å². The van der Waals surface area contributed by atoms with Gasteiger partial charge in [0.15, 0.2) is 0 Å². The summed E-state index contributed by atoms with van der Waals surface area (Å²) in [6.07, 6.45) is 5.51. The van der Waals surface area contributed by atoms with Crippen LogP contribution >= 0.6 is 0 Å². The summed E-state index contributed by atoms with van der Waals surface area (Å²) in [5, 5.41) is 12.7. The predicted molar refractivity (Wildman–Crippen MR) is 53.3 cm³/mol. The highest BCUT2D eigenvalue weighted by Crippen LogP contribution is 2.08. The van der Waals surface area contributed by atoms with Crippen LogP contribution < -0.4 is 5.32 Å². The van der Waals surface area contributed by atoms with E-state index in [1.165, 1.54) is 19.3 Å². The molecule has 0 saturated carbocycles. The van der Waals surface area contributed by atoms with Gasteiger partial charge in [-0.3, -0.25) is 0 Å². The fourth-order valence-electron chi connectivity index (χ4n) is 1.43. The van der Waals surface area contributed by atoms with E-state index in [9.17, 15) is 5.11 Å². The van der Waals surface area contributed by atoms with Gasteiger partial charge in [0.05, 0.1) is 6.10 Å². The fraction of sp³-hybridized carbons (Fsp3) is 1.00. The van der Waals surface area contributed by atoms with Crippen molar-refractivity contribution < 1.29 is 5.11 Å². The molecule has 0 aromatic carbocycles. The van der Waals surface area contributed by atoms with Crippen molar-refractivity contribution >= 4 is 0 Å². The summed E-state index contributed by atoms with van der Waals surface area (Å²) in [5.74, 6) is 0. The lowest BCUT2D eigenvalue weighted by atomic mass is 10.0. The molecule has 0 aromatic heterocycles. The molecule has 2 nitrogen and oxygen atoms in total. The molecule has 0 saturated heterocycles. The number of likely N-dealkylation sites (N-methyl/N-ethyl adjacent to an activating group) is 1. The van der Waals surface area contributed by atoms with Crippen LogP contribution in [0.25, 0.3) is 0 Å². The average molecular weight is 173 g/mol. The minimum Gasteiger partial charge on any atom is -0.392 e. The molecule has 0 aliphatic carbocycles. The molecule has 0 aliphatic heterocycles. The van der Waals surface area contributed by atoms with E-state index < -0.39 is 0 Å². The van der Waals surface area contributed by atoms with Crippen molar-refractivity contribution in [2.75, 3.05) is 7.05 Å². The summed E-state index contributed by atoms with van der Waals surface area (Å²) in [6, 6.07) is 0.293. The molecule has 0 unspecified atom stereocenters. The number of unbranched alkanes of at least 4 members (excludes halogenated alkanes) is 2. The summed E-state index contributed by atoms with van der Waals surface area (Å²) in [4.78, 5) is 0. The van der Waals surface area contributed by atoms with Crippen molar-refractivity contribution in [2.24, 2.45) is 0 Å². The Morgan fingerprint density at radius 1 is 1.25 bits per heavy atom. The lowest BCUT2D eigenvalue weighted by molar-refractivity contribution is 0.121. The Bertz CT molecular complexity index is 95.8. The van der Waals surface area contributed by atoms with Crippen molar-refractivity contribution in [1.82, 2.24) is 5.32 Å². The van der Waals surface area contributed by atoms with Crippen molar-refractivity contribution in [1.29, 1.82) is 0 Å². The number of aliphatic hydroxyl groups is 1. The Labute approximate surface area is 76.4 Å². The molecule has 2 heteroatoms. The summed E-state index contributed by atoms with van der Waals surface area (Å²) >= 11 is 0.